The summed E-state index contributed by atoms with van der Waals surface area (Å²) < 4.78 is 6.48. The zero-order chi connectivity index (χ0) is 31.8. The van der Waals surface area contributed by atoms with Gasteiger partial charge in [-0.3, -0.25) is 24.5 Å². The molecule has 0 atom stereocenters. The molecule has 230 valence electrons. The number of rotatable bonds is 13. The maximum absolute atomic E-state index is 12.5. The van der Waals surface area contributed by atoms with Crippen molar-refractivity contribution in [2.75, 3.05) is 35.0 Å². The number of nitro benzene ring substituents is 1. The fourth-order valence-electron chi connectivity index (χ4n) is 4.38. The van der Waals surface area contributed by atoms with E-state index in [2.05, 4.69) is 20.9 Å². The fourth-order valence-corrected chi connectivity index (χ4v) is 6.93. The van der Waals surface area contributed by atoms with Gasteiger partial charge in [0, 0.05) is 12.2 Å². The molecule has 0 aliphatic heterocycles. The van der Waals surface area contributed by atoms with Crippen LogP contribution in [0.1, 0.15) is 5.56 Å². The number of nitro groups is 1. The molecular weight excluding hydrogens is 635 g/mol. The molecule has 0 bridgehead atoms. The predicted molar refractivity (Wildman–Crippen MR) is 180 cm³/mol. The number of fused-ring (bicyclic) bond motifs is 2. The van der Waals surface area contributed by atoms with Crippen LogP contribution in [0.25, 0.3) is 21.0 Å². The van der Waals surface area contributed by atoms with Gasteiger partial charge in [-0.05, 0) is 46.7 Å². The van der Waals surface area contributed by atoms with Crippen LogP contribution >= 0.6 is 34.9 Å². The Morgan fingerprint density at radius 1 is 0.911 bits per heavy atom. The number of thiazole rings is 1. The Morgan fingerprint density at radius 3 is 2.51 bits per heavy atom. The molecule has 14 heteroatoms. The highest BCUT2D eigenvalue weighted by atomic mass is 32.2. The molecule has 5 rings (SSSR count). The van der Waals surface area contributed by atoms with Crippen LogP contribution in [0.2, 0.25) is 0 Å². The Labute approximate surface area is 270 Å². The van der Waals surface area contributed by atoms with Gasteiger partial charge < -0.3 is 20.7 Å². The van der Waals surface area contributed by atoms with E-state index < -0.39 is 10.8 Å². The van der Waals surface area contributed by atoms with Gasteiger partial charge in [-0.1, -0.05) is 54.2 Å². The van der Waals surface area contributed by atoms with Crippen molar-refractivity contribution in [1.29, 1.82) is 0 Å². The van der Waals surface area contributed by atoms with Crippen molar-refractivity contribution in [3.05, 3.63) is 94.5 Å². The monoisotopic (exact) mass is 661 g/mol. The van der Waals surface area contributed by atoms with Crippen molar-refractivity contribution in [2.24, 2.45) is 0 Å². The first-order chi connectivity index (χ1) is 21.8. The maximum atomic E-state index is 12.5. The number of carbonyl (C=O) groups excluding carboxylic acids is 3. The first-order valence-electron chi connectivity index (χ1n) is 13.6. The number of aromatic nitrogens is 1. The Kier molecular flexibility index (Phi) is 10.5. The maximum Gasteiger partial charge on any atom is 0.296 e. The number of thioether (sulfide) groups is 2. The molecule has 0 saturated carbocycles. The van der Waals surface area contributed by atoms with Crippen LogP contribution in [-0.2, 0) is 20.9 Å². The Hall–Kier alpha value is -4.66. The number of nitrogens with one attached hydrogen (secondary N) is 3. The summed E-state index contributed by atoms with van der Waals surface area (Å²) in [7, 11) is 1.40. The van der Waals surface area contributed by atoms with E-state index in [0.29, 0.717) is 27.8 Å². The molecule has 3 N–H and O–H groups in total. The van der Waals surface area contributed by atoms with Gasteiger partial charge in [0.1, 0.15) is 11.4 Å². The van der Waals surface area contributed by atoms with Crippen LogP contribution < -0.4 is 20.7 Å². The summed E-state index contributed by atoms with van der Waals surface area (Å²) >= 11 is 3.80. The smallest absolute Gasteiger partial charge is 0.296 e. The Balaban J connectivity index is 1.07. The SMILES string of the molecule is COc1ccc(NC(=O)CSc2nc3ccc(NC(=O)CSCC(=O)NCc4cccc5ccccc45)cc3s2)c([N+](=O)[O-])c1. The molecule has 0 radical (unpaired) electrons. The number of benzene rings is 4. The Morgan fingerprint density at radius 2 is 1.69 bits per heavy atom. The second-order valence-electron chi connectivity index (χ2n) is 9.60. The fraction of sp³-hybridized carbons (Fsp3) is 0.161. The molecule has 0 spiro atoms. The van der Waals surface area contributed by atoms with Crippen LogP contribution in [0.5, 0.6) is 5.75 Å². The third-order valence-corrected chi connectivity index (χ3v) is 9.57. The first-order valence-corrected chi connectivity index (χ1v) is 16.5. The van der Waals surface area contributed by atoms with E-state index in [9.17, 15) is 24.5 Å². The molecule has 45 heavy (non-hydrogen) atoms. The van der Waals surface area contributed by atoms with Crippen LogP contribution in [0.4, 0.5) is 17.1 Å². The molecule has 11 nitrogen and oxygen atoms in total. The minimum atomic E-state index is -0.584. The molecule has 3 amide bonds. The highest BCUT2D eigenvalue weighted by Gasteiger charge is 2.18. The number of methoxy groups -OCH3 is 1. The van der Waals surface area contributed by atoms with Gasteiger partial charge >= 0.3 is 0 Å². The molecule has 1 heterocycles. The number of ether oxygens (including phenoxy) is 1. The van der Waals surface area contributed by atoms with Gasteiger partial charge in [-0.25, -0.2) is 4.98 Å². The molecule has 5 aromatic rings. The van der Waals surface area contributed by atoms with Crippen molar-refractivity contribution in [3.8, 4) is 5.75 Å². The quantitative estimate of drug-likeness (QED) is 0.0774. The summed E-state index contributed by atoms with van der Waals surface area (Å²) in [6, 6.07) is 23.5. The number of carbonyl (C=O) groups is 3. The molecule has 4 aromatic carbocycles. The lowest BCUT2D eigenvalue weighted by atomic mass is 10.0. The minimum Gasteiger partial charge on any atom is -0.496 e. The lowest BCUT2D eigenvalue weighted by Crippen LogP contribution is -2.25. The molecule has 0 aliphatic carbocycles. The average Bonchev–Trinajstić information content (AvgIpc) is 3.45. The molecular formula is C31H27N5O6S3. The highest BCUT2D eigenvalue weighted by molar-refractivity contribution is 8.01. The van der Waals surface area contributed by atoms with Crippen molar-refractivity contribution in [1.82, 2.24) is 10.3 Å². The highest BCUT2D eigenvalue weighted by Crippen LogP contribution is 2.32. The van der Waals surface area contributed by atoms with E-state index in [1.165, 1.54) is 60.2 Å². The van der Waals surface area contributed by atoms with E-state index in [1.807, 2.05) is 42.5 Å². The normalized spacial score (nSPS) is 10.9. The van der Waals surface area contributed by atoms with Gasteiger partial charge in [-0.2, -0.15) is 0 Å². The van der Waals surface area contributed by atoms with Gasteiger partial charge in [-0.15, -0.1) is 23.1 Å². The van der Waals surface area contributed by atoms with E-state index >= 15 is 0 Å². The third-order valence-electron chi connectivity index (χ3n) is 6.48. The van der Waals surface area contributed by atoms with Gasteiger partial charge in [0.2, 0.25) is 17.7 Å². The van der Waals surface area contributed by atoms with Crippen molar-refractivity contribution in [2.45, 2.75) is 10.9 Å². The third kappa shape index (κ3) is 8.50. The number of amides is 3. The zero-order valence-corrected chi connectivity index (χ0v) is 26.4. The summed E-state index contributed by atoms with van der Waals surface area (Å²) in [4.78, 5) is 52.7. The summed E-state index contributed by atoms with van der Waals surface area (Å²) in [5.41, 5.74) is 2.16. The number of hydrogen-bond donors (Lipinski definition) is 3. The van der Waals surface area contributed by atoms with Gasteiger partial charge in [0.15, 0.2) is 4.34 Å². The molecule has 0 saturated heterocycles. The summed E-state index contributed by atoms with van der Waals surface area (Å²) in [6.45, 7) is 0.415. The second kappa shape index (κ2) is 14.9. The van der Waals surface area contributed by atoms with Crippen molar-refractivity contribution >= 4 is 90.6 Å². The van der Waals surface area contributed by atoms with E-state index in [4.69, 9.17) is 4.74 Å². The number of anilines is 2. The lowest BCUT2D eigenvalue weighted by molar-refractivity contribution is -0.384. The topological polar surface area (TPSA) is 153 Å². The minimum absolute atomic E-state index is 0.000655. The largest absolute Gasteiger partial charge is 0.496 e. The molecule has 0 fully saturated rings. The average molecular weight is 662 g/mol. The summed E-state index contributed by atoms with van der Waals surface area (Å²) in [5.74, 6) is -0.206. The van der Waals surface area contributed by atoms with E-state index in [-0.39, 0.29) is 40.4 Å². The first kappa shape index (κ1) is 31.8. The van der Waals surface area contributed by atoms with Crippen LogP contribution in [-0.4, -0.2) is 52.0 Å². The van der Waals surface area contributed by atoms with Crippen molar-refractivity contribution in [3.63, 3.8) is 0 Å². The second-order valence-corrected chi connectivity index (χ2v) is 12.8. The zero-order valence-electron chi connectivity index (χ0n) is 23.9. The number of nitrogens with zero attached hydrogens (tertiary/aromatic N) is 2. The summed E-state index contributed by atoms with van der Waals surface area (Å²) in [6.07, 6.45) is 0. The molecule has 0 aliphatic rings. The summed E-state index contributed by atoms with van der Waals surface area (Å²) in [5, 5.41) is 21.9. The predicted octanol–water partition coefficient (Wildman–Crippen LogP) is 6.09. The van der Waals surface area contributed by atoms with E-state index in [1.54, 1.807) is 18.2 Å². The van der Waals surface area contributed by atoms with E-state index in [0.717, 1.165) is 21.0 Å². The Bertz CT molecular complexity index is 1890. The van der Waals surface area contributed by atoms with Crippen molar-refractivity contribution < 1.29 is 24.0 Å². The lowest BCUT2D eigenvalue weighted by Gasteiger charge is -2.09. The van der Waals surface area contributed by atoms with Gasteiger partial charge in [0.05, 0.1) is 45.6 Å². The number of hydrogen-bond acceptors (Lipinski definition) is 10. The van der Waals surface area contributed by atoms with Crippen LogP contribution in [0.3, 0.4) is 0 Å². The standard InChI is InChI=1S/C31H27N5O6S3/c1-42-22-10-12-24(26(14-22)36(40)41)34-30(39)18-44-31-35-25-11-9-21(13-27(25)45-31)33-29(38)17-43-16-28(37)32-15-20-7-4-6-19-5-2-3-8-23(19)20/h2-14H,15-18H2,1H3,(H,32,37)(H,33,38)(H,34,39). The molecule has 0 unspecified atom stereocenters. The van der Waals surface area contributed by atoms with Crippen LogP contribution in [0.15, 0.2) is 83.2 Å². The van der Waals surface area contributed by atoms with Crippen LogP contribution in [0, 0.1) is 10.1 Å². The van der Waals surface area contributed by atoms with Gasteiger partial charge in [0.25, 0.3) is 5.69 Å². The molecule has 1 aromatic heterocycles.